The highest BCUT2D eigenvalue weighted by Crippen LogP contribution is 2.25. The zero-order valence-electron chi connectivity index (χ0n) is 11.9. The first-order valence-electron chi connectivity index (χ1n) is 6.36. The van der Waals surface area contributed by atoms with Gasteiger partial charge in [-0.25, -0.2) is 0 Å². The highest BCUT2D eigenvalue weighted by atomic mass is 35.5. The maximum Gasteiger partial charge on any atom is 0.433 e. The van der Waals surface area contributed by atoms with Crippen LogP contribution in [0.15, 0.2) is 40.8 Å². The van der Waals surface area contributed by atoms with Gasteiger partial charge in [-0.2, -0.15) is 0 Å². The molecule has 1 atom stereocenters. The molecule has 0 spiro atoms. The summed E-state index contributed by atoms with van der Waals surface area (Å²) in [5.41, 5.74) is 4.20. The number of nitrogens with two attached hydrogens (primary N) is 1. The van der Waals surface area contributed by atoms with E-state index in [-0.39, 0.29) is 5.76 Å². The second kappa shape index (κ2) is 6.09. The molecule has 0 aliphatic heterocycles. The summed E-state index contributed by atoms with van der Waals surface area (Å²) in [7, 11) is 0. The Morgan fingerprint density at radius 2 is 2.04 bits per heavy atom. The lowest BCUT2D eigenvalue weighted by atomic mass is 9.91. The second-order valence-corrected chi connectivity index (χ2v) is 5.29. The lowest BCUT2D eigenvalue weighted by molar-refractivity contribution is -0.402. The van der Waals surface area contributed by atoms with Crippen LogP contribution in [0, 0.1) is 10.1 Å². The van der Waals surface area contributed by atoms with Gasteiger partial charge in [-0.05, 0) is 30.7 Å². The molecule has 120 valence electrons. The zero-order chi connectivity index (χ0) is 17.2. The first-order valence-corrected chi connectivity index (χ1v) is 6.74. The van der Waals surface area contributed by atoms with Gasteiger partial charge in [0.2, 0.25) is 5.91 Å². The maximum atomic E-state index is 12.2. The molecule has 2 rings (SSSR count). The number of nitrogens with zero attached hydrogens (tertiary/aromatic N) is 1. The number of carbonyl (C=O) groups is 2. The molecule has 1 aromatic carbocycles. The number of hydrogen-bond donors (Lipinski definition) is 2. The summed E-state index contributed by atoms with van der Waals surface area (Å²) >= 11 is 5.89. The molecule has 9 heteroatoms. The molecule has 3 N–H and O–H groups in total. The third-order valence-electron chi connectivity index (χ3n) is 3.25. The summed E-state index contributed by atoms with van der Waals surface area (Å²) in [5.74, 6) is -2.54. The molecule has 0 fully saturated rings. The minimum Gasteiger partial charge on any atom is -0.395 e. The Labute approximate surface area is 135 Å². The van der Waals surface area contributed by atoms with Gasteiger partial charge in [0.1, 0.15) is 10.5 Å². The van der Waals surface area contributed by atoms with E-state index < -0.39 is 28.2 Å². The van der Waals surface area contributed by atoms with Crippen LogP contribution in [-0.2, 0) is 10.3 Å². The Kier molecular flexibility index (Phi) is 4.37. The van der Waals surface area contributed by atoms with Crippen molar-refractivity contribution in [2.75, 3.05) is 0 Å². The quantitative estimate of drug-likeness (QED) is 0.636. The van der Waals surface area contributed by atoms with Gasteiger partial charge in [-0.3, -0.25) is 19.7 Å². The van der Waals surface area contributed by atoms with Crippen molar-refractivity contribution in [3.8, 4) is 0 Å². The Bertz CT molecular complexity index is 788. The fraction of sp³-hybridized carbons (Fsp3) is 0.143. The van der Waals surface area contributed by atoms with E-state index in [0.717, 1.165) is 12.1 Å². The van der Waals surface area contributed by atoms with Gasteiger partial charge in [-0.1, -0.05) is 23.7 Å². The van der Waals surface area contributed by atoms with Crippen molar-refractivity contribution in [2.24, 2.45) is 5.73 Å². The van der Waals surface area contributed by atoms with Crippen LogP contribution in [0.25, 0.3) is 0 Å². The Morgan fingerprint density at radius 3 is 2.57 bits per heavy atom. The highest BCUT2D eigenvalue weighted by molar-refractivity contribution is 6.30. The molecular formula is C14H12ClN3O5. The summed E-state index contributed by atoms with van der Waals surface area (Å²) in [4.78, 5) is 33.8. The van der Waals surface area contributed by atoms with Gasteiger partial charge < -0.3 is 15.5 Å². The van der Waals surface area contributed by atoms with Crippen LogP contribution in [0.1, 0.15) is 23.0 Å². The second-order valence-electron chi connectivity index (χ2n) is 4.85. The largest absolute Gasteiger partial charge is 0.433 e. The van der Waals surface area contributed by atoms with Crippen LogP contribution in [0.2, 0.25) is 5.02 Å². The summed E-state index contributed by atoms with van der Waals surface area (Å²) in [5, 5.41) is 13.4. The fourth-order valence-electron chi connectivity index (χ4n) is 1.91. The van der Waals surface area contributed by atoms with Gasteiger partial charge in [-0.15, -0.1) is 0 Å². The Hall–Kier alpha value is -2.87. The van der Waals surface area contributed by atoms with Crippen LogP contribution in [0.4, 0.5) is 5.88 Å². The van der Waals surface area contributed by atoms with Gasteiger partial charge in [0.05, 0.1) is 6.07 Å². The van der Waals surface area contributed by atoms with Crippen molar-refractivity contribution in [1.29, 1.82) is 0 Å². The van der Waals surface area contributed by atoms with E-state index in [1.165, 1.54) is 13.0 Å². The van der Waals surface area contributed by atoms with Crippen molar-refractivity contribution in [1.82, 2.24) is 5.32 Å². The van der Waals surface area contributed by atoms with Gasteiger partial charge in [0.25, 0.3) is 5.91 Å². The minimum absolute atomic E-state index is 0.314. The molecule has 23 heavy (non-hydrogen) atoms. The van der Waals surface area contributed by atoms with E-state index in [1.807, 2.05) is 0 Å². The number of primary amides is 1. The molecule has 0 bridgehead atoms. The average molecular weight is 338 g/mol. The number of nitro groups is 1. The van der Waals surface area contributed by atoms with E-state index in [1.54, 1.807) is 18.2 Å². The third-order valence-corrected chi connectivity index (χ3v) is 3.49. The van der Waals surface area contributed by atoms with E-state index in [2.05, 4.69) is 5.32 Å². The van der Waals surface area contributed by atoms with Gasteiger partial charge in [0.15, 0.2) is 5.76 Å². The SMILES string of the molecule is C[C@](NC(=O)c1ccc([N+](=O)[O-])o1)(C(N)=O)c1cccc(Cl)c1. The topological polar surface area (TPSA) is 128 Å². The van der Waals surface area contributed by atoms with Crippen molar-refractivity contribution in [3.05, 3.63) is 62.9 Å². The minimum atomic E-state index is -1.57. The number of amides is 2. The number of carbonyl (C=O) groups excluding carboxylic acids is 2. The summed E-state index contributed by atoms with van der Waals surface area (Å²) in [6.45, 7) is 1.40. The number of furan rings is 1. The number of nitrogens with one attached hydrogen (secondary N) is 1. The van der Waals surface area contributed by atoms with Gasteiger partial charge in [0, 0.05) is 5.02 Å². The lowest BCUT2D eigenvalue weighted by Crippen LogP contribution is -2.52. The summed E-state index contributed by atoms with van der Waals surface area (Å²) < 4.78 is 4.80. The number of rotatable bonds is 5. The molecule has 0 saturated carbocycles. The van der Waals surface area contributed by atoms with Crippen molar-refractivity contribution in [3.63, 3.8) is 0 Å². The van der Waals surface area contributed by atoms with E-state index >= 15 is 0 Å². The predicted octanol–water partition coefficient (Wildman–Crippen LogP) is 1.97. The molecule has 2 aromatic rings. The third kappa shape index (κ3) is 3.32. The summed E-state index contributed by atoms with van der Waals surface area (Å²) in [6, 6.07) is 8.42. The van der Waals surface area contributed by atoms with Crippen LogP contribution in [0.5, 0.6) is 0 Å². The van der Waals surface area contributed by atoms with Crippen molar-refractivity contribution >= 4 is 29.3 Å². The van der Waals surface area contributed by atoms with Crippen LogP contribution >= 0.6 is 11.6 Å². The Balaban J connectivity index is 2.33. The normalized spacial score (nSPS) is 13.1. The van der Waals surface area contributed by atoms with E-state index in [9.17, 15) is 19.7 Å². The fourth-order valence-corrected chi connectivity index (χ4v) is 2.10. The first kappa shape index (κ1) is 16.5. The first-order chi connectivity index (χ1) is 10.7. The average Bonchev–Trinajstić information content (AvgIpc) is 2.97. The molecule has 8 nitrogen and oxygen atoms in total. The molecular weight excluding hydrogens is 326 g/mol. The molecule has 0 aliphatic carbocycles. The highest BCUT2D eigenvalue weighted by Gasteiger charge is 2.36. The van der Waals surface area contributed by atoms with E-state index in [4.69, 9.17) is 21.8 Å². The number of hydrogen-bond acceptors (Lipinski definition) is 5. The van der Waals surface area contributed by atoms with E-state index in [0.29, 0.717) is 10.6 Å². The molecule has 0 saturated heterocycles. The predicted molar refractivity (Wildman–Crippen MR) is 80.8 cm³/mol. The van der Waals surface area contributed by atoms with Crippen LogP contribution < -0.4 is 11.1 Å². The molecule has 0 radical (unpaired) electrons. The van der Waals surface area contributed by atoms with Gasteiger partial charge >= 0.3 is 5.88 Å². The van der Waals surface area contributed by atoms with Crippen LogP contribution in [0.3, 0.4) is 0 Å². The molecule has 2 amide bonds. The maximum absolute atomic E-state index is 12.2. The van der Waals surface area contributed by atoms with Crippen molar-refractivity contribution in [2.45, 2.75) is 12.5 Å². The smallest absolute Gasteiger partial charge is 0.395 e. The number of halogens is 1. The number of benzene rings is 1. The lowest BCUT2D eigenvalue weighted by Gasteiger charge is -2.27. The van der Waals surface area contributed by atoms with Crippen molar-refractivity contribution < 1.29 is 18.9 Å². The molecule has 0 unspecified atom stereocenters. The standard InChI is InChI=1S/C14H12ClN3O5/c1-14(13(16)20,8-3-2-4-9(15)7-8)17-12(19)10-5-6-11(23-10)18(21)22/h2-7H,1H3,(H2,16,20)(H,17,19)/t14-/m1/s1. The summed E-state index contributed by atoms with van der Waals surface area (Å²) in [6.07, 6.45) is 0. The molecule has 1 heterocycles. The Morgan fingerprint density at radius 1 is 1.35 bits per heavy atom. The zero-order valence-corrected chi connectivity index (χ0v) is 12.7. The van der Waals surface area contributed by atoms with Crippen LogP contribution in [-0.4, -0.2) is 16.7 Å². The molecule has 1 aromatic heterocycles. The monoisotopic (exact) mass is 337 g/mol. The molecule has 0 aliphatic rings.